The van der Waals surface area contributed by atoms with Crippen molar-refractivity contribution >= 4 is 5.91 Å². The Morgan fingerprint density at radius 1 is 1.12 bits per heavy atom. The molecule has 1 atom stereocenters. The van der Waals surface area contributed by atoms with Crippen LogP contribution in [0.5, 0.6) is 0 Å². The molecule has 1 amide bonds. The van der Waals surface area contributed by atoms with Gasteiger partial charge in [-0.05, 0) is 56.5 Å². The Bertz CT molecular complexity index is 537. The highest BCUT2D eigenvalue weighted by molar-refractivity contribution is 5.94. The number of piperidine rings is 1. The average Bonchev–Trinajstić information content (AvgIpc) is 3.12. The second kappa shape index (κ2) is 9.35. The van der Waals surface area contributed by atoms with E-state index in [9.17, 15) is 4.79 Å². The molecular weight excluding hydrogens is 312 g/mol. The molecule has 0 bridgehead atoms. The van der Waals surface area contributed by atoms with Crippen LogP contribution in [0.25, 0.3) is 0 Å². The molecule has 2 saturated heterocycles. The molecule has 2 fully saturated rings. The van der Waals surface area contributed by atoms with Gasteiger partial charge in [0.05, 0.1) is 6.61 Å². The topological polar surface area (TPSA) is 32.8 Å². The van der Waals surface area contributed by atoms with Crippen molar-refractivity contribution in [3.63, 3.8) is 0 Å². The Morgan fingerprint density at radius 2 is 1.88 bits per heavy atom. The van der Waals surface area contributed by atoms with Crippen molar-refractivity contribution in [3.8, 4) is 0 Å². The van der Waals surface area contributed by atoms with E-state index in [4.69, 9.17) is 4.74 Å². The zero-order valence-corrected chi connectivity index (χ0v) is 15.6. The van der Waals surface area contributed by atoms with Crippen molar-refractivity contribution in [3.05, 3.63) is 35.4 Å². The summed E-state index contributed by atoms with van der Waals surface area (Å²) in [6.45, 7) is 8.84. The molecule has 0 spiro atoms. The molecular formula is C21H32N2O2. The molecule has 4 heteroatoms. The SMILES string of the molecule is CCCOC[C@@H]1CCN(C(=O)c2ccc(CN3CCCCC3)cc2)C1. The molecule has 0 radical (unpaired) electrons. The van der Waals surface area contributed by atoms with Gasteiger partial charge in [0.15, 0.2) is 0 Å². The van der Waals surface area contributed by atoms with Gasteiger partial charge < -0.3 is 9.64 Å². The van der Waals surface area contributed by atoms with Gasteiger partial charge in [0.1, 0.15) is 0 Å². The summed E-state index contributed by atoms with van der Waals surface area (Å²) < 4.78 is 5.65. The number of ether oxygens (including phenoxy) is 1. The third-order valence-electron chi connectivity index (χ3n) is 5.33. The first-order valence-electron chi connectivity index (χ1n) is 9.94. The summed E-state index contributed by atoms with van der Waals surface area (Å²) >= 11 is 0. The number of carbonyl (C=O) groups is 1. The van der Waals surface area contributed by atoms with E-state index in [0.29, 0.717) is 5.92 Å². The minimum Gasteiger partial charge on any atom is -0.381 e. The third kappa shape index (κ3) is 5.29. The maximum Gasteiger partial charge on any atom is 0.253 e. The van der Waals surface area contributed by atoms with Crippen molar-refractivity contribution in [2.75, 3.05) is 39.4 Å². The molecule has 0 unspecified atom stereocenters. The van der Waals surface area contributed by atoms with Crippen LogP contribution < -0.4 is 0 Å². The Balaban J connectivity index is 1.49. The van der Waals surface area contributed by atoms with Gasteiger partial charge in [-0.25, -0.2) is 0 Å². The maximum absolute atomic E-state index is 12.7. The standard InChI is InChI=1S/C21H32N2O2/c1-2-14-25-17-19-10-13-23(16-19)21(24)20-8-6-18(7-9-20)15-22-11-4-3-5-12-22/h6-9,19H,2-5,10-17H2,1H3/t19-/m1/s1. The van der Waals surface area contributed by atoms with Crippen LogP contribution in [-0.4, -0.2) is 55.1 Å². The normalized spacial score (nSPS) is 21.6. The predicted molar refractivity (Wildman–Crippen MR) is 101 cm³/mol. The predicted octanol–water partition coefficient (Wildman–Crippen LogP) is 3.56. The van der Waals surface area contributed by atoms with Crippen LogP contribution in [0.3, 0.4) is 0 Å². The summed E-state index contributed by atoms with van der Waals surface area (Å²) in [4.78, 5) is 17.2. The number of hydrogen-bond acceptors (Lipinski definition) is 3. The molecule has 2 heterocycles. The van der Waals surface area contributed by atoms with Crippen LogP contribution in [0, 0.1) is 5.92 Å². The molecule has 3 rings (SSSR count). The van der Waals surface area contributed by atoms with Crippen molar-refractivity contribution in [1.29, 1.82) is 0 Å². The van der Waals surface area contributed by atoms with Crippen LogP contribution in [0.15, 0.2) is 24.3 Å². The lowest BCUT2D eigenvalue weighted by molar-refractivity contribution is 0.0754. The number of nitrogens with zero attached hydrogens (tertiary/aromatic N) is 2. The summed E-state index contributed by atoms with van der Waals surface area (Å²) in [5.74, 6) is 0.663. The zero-order chi connectivity index (χ0) is 17.5. The summed E-state index contributed by atoms with van der Waals surface area (Å²) in [7, 11) is 0. The fourth-order valence-electron chi connectivity index (χ4n) is 3.86. The molecule has 25 heavy (non-hydrogen) atoms. The molecule has 138 valence electrons. The van der Waals surface area contributed by atoms with E-state index in [1.807, 2.05) is 17.0 Å². The quantitative estimate of drug-likeness (QED) is 0.709. The number of rotatable bonds is 7. The second-order valence-corrected chi connectivity index (χ2v) is 7.51. The number of carbonyl (C=O) groups excluding carboxylic acids is 1. The minimum absolute atomic E-state index is 0.169. The highest BCUT2D eigenvalue weighted by Crippen LogP contribution is 2.20. The molecule has 2 aliphatic rings. The van der Waals surface area contributed by atoms with Crippen molar-refractivity contribution in [2.24, 2.45) is 5.92 Å². The maximum atomic E-state index is 12.7. The summed E-state index contributed by atoms with van der Waals surface area (Å²) in [6, 6.07) is 8.25. The number of hydrogen-bond donors (Lipinski definition) is 0. The Hall–Kier alpha value is -1.39. The molecule has 0 saturated carbocycles. The molecule has 0 aliphatic carbocycles. The molecule has 0 N–H and O–H groups in total. The molecule has 1 aromatic rings. The van der Waals surface area contributed by atoms with Gasteiger partial charge >= 0.3 is 0 Å². The number of benzene rings is 1. The van der Waals surface area contributed by atoms with Crippen LogP contribution >= 0.6 is 0 Å². The lowest BCUT2D eigenvalue weighted by Gasteiger charge is -2.26. The van der Waals surface area contributed by atoms with E-state index in [0.717, 1.165) is 51.3 Å². The number of likely N-dealkylation sites (tertiary alicyclic amines) is 2. The lowest BCUT2D eigenvalue weighted by atomic mass is 10.1. The van der Waals surface area contributed by atoms with Crippen molar-refractivity contribution in [1.82, 2.24) is 9.80 Å². The molecule has 0 aromatic heterocycles. The average molecular weight is 344 g/mol. The fraction of sp³-hybridized carbons (Fsp3) is 0.667. The van der Waals surface area contributed by atoms with E-state index in [-0.39, 0.29) is 5.91 Å². The van der Waals surface area contributed by atoms with Gasteiger partial charge in [-0.1, -0.05) is 25.5 Å². The molecule has 1 aromatic carbocycles. The summed E-state index contributed by atoms with van der Waals surface area (Å²) in [6.07, 6.45) is 6.11. The van der Waals surface area contributed by atoms with Crippen LogP contribution in [0.1, 0.15) is 54.9 Å². The molecule has 4 nitrogen and oxygen atoms in total. The number of amides is 1. The van der Waals surface area contributed by atoms with E-state index in [1.54, 1.807) is 0 Å². The molecule has 2 aliphatic heterocycles. The van der Waals surface area contributed by atoms with Gasteiger partial charge in [-0.3, -0.25) is 9.69 Å². The fourth-order valence-corrected chi connectivity index (χ4v) is 3.86. The minimum atomic E-state index is 0.169. The highest BCUT2D eigenvalue weighted by Gasteiger charge is 2.27. The summed E-state index contributed by atoms with van der Waals surface area (Å²) in [5.41, 5.74) is 2.13. The van der Waals surface area contributed by atoms with E-state index in [2.05, 4.69) is 24.0 Å². The summed E-state index contributed by atoms with van der Waals surface area (Å²) in [5, 5.41) is 0. The van der Waals surface area contributed by atoms with E-state index in [1.165, 1.54) is 37.9 Å². The largest absolute Gasteiger partial charge is 0.381 e. The van der Waals surface area contributed by atoms with Gasteiger partial charge in [0, 0.05) is 37.7 Å². The third-order valence-corrected chi connectivity index (χ3v) is 5.33. The smallest absolute Gasteiger partial charge is 0.253 e. The second-order valence-electron chi connectivity index (χ2n) is 7.51. The zero-order valence-electron chi connectivity index (χ0n) is 15.6. The van der Waals surface area contributed by atoms with E-state index < -0.39 is 0 Å². The Kier molecular flexibility index (Phi) is 6.88. The van der Waals surface area contributed by atoms with Gasteiger partial charge in [0.2, 0.25) is 0 Å². The van der Waals surface area contributed by atoms with Gasteiger partial charge in [-0.15, -0.1) is 0 Å². The van der Waals surface area contributed by atoms with Crippen molar-refractivity contribution in [2.45, 2.75) is 45.6 Å². The lowest BCUT2D eigenvalue weighted by Crippen LogP contribution is -2.30. The highest BCUT2D eigenvalue weighted by atomic mass is 16.5. The first-order chi connectivity index (χ1) is 12.3. The van der Waals surface area contributed by atoms with Crippen LogP contribution in [0.4, 0.5) is 0 Å². The first kappa shape index (κ1) is 18.4. The Morgan fingerprint density at radius 3 is 2.60 bits per heavy atom. The van der Waals surface area contributed by atoms with Crippen LogP contribution in [0.2, 0.25) is 0 Å². The first-order valence-corrected chi connectivity index (χ1v) is 9.94. The monoisotopic (exact) mass is 344 g/mol. The van der Waals surface area contributed by atoms with Gasteiger partial charge in [0.25, 0.3) is 5.91 Å². The van der Waals surface area contributed by atoms with E-state index >= 15 is 0 Å². The van der Waals surface area contributed by atoms with Crippen LogP contribution in [-0.2, 0) is 11.3 Å². The van der Waals surface area contributed by atoms with Crippen molar-refractivity contribution < 1.29 is 9.53 Å². The van der Waals surface area contributed by atoms with Gasteiger partial charge in [-0.2, -0.15) is 0 Å². The Labute approximate surface area is 152 Å².